The van der Waals surface area contributed by atoms with E-state index in [0.717, 1.165) is 17.7 Å². The summed E-state index contributed by atoms with van der Waals surface area (Å²) in [4.78, 5) is 65.4. The first-order valence-corrected chi connectivity index (χ1v) is 27.3. The minimum absolute atomic E-state index is 0.00988. The van der Waals surface area contributed by atoms with Gasteiger partial charge in [-0.1, -0.05) is 50.6 Å². The van der Waals surface area contributed by atoms with Crippen molar-refractivity contribution in [2.24, 2.45) is 29.6 Å². The number of allylic oxidation sites excluding steroid dienone is 4. The van der Waals surface area contributed by atoms with Crippen molar-refractivity contribution in [3.8, 4) is 0 Å². The molecular weight excluding hydrogens is 1030 g/mol. The summed E-state index contributed by atoms with van der Waals surface area (Å²) in [7, 11) is 4.61. The zero-order valence-electron chi connectivity index (χ0n) is 46.7. The lowest BCUT2D eigenvalue weighted by Gasteiger charge is -2.47. The monoisotopic (exact) mass is 1110 g/mol. The van der Waals surface area contributed by atoms with Gasteiger partial charge in [0.25, 0.3) is 11.7 Å². The van der Waals surface area contributed by atoms with Crippen LogP contribution in [-0.2, 0) is 61.6 Å². The van der Waals surface area contributed by atoms with Crippen LogP contribution in [0, 0.1) is 41.2 Å². The molecule has 1 aromatic carbocycles. The second-order valence-electron chi connectivity index (χ2n) is 22.1. The molecule has 2 bridgehead atoms. The number of aromatic nitrogens is 6. The van der Waals surface area contributed by atoms with Crippen LogP contribution in [0.1, 0.15) is 111 Å². The second-order valence-corrected chi connectivity index (χ2v) is 22.1. The number of aliphatic hydroxyl groups is 4. The van der Waals surface area contributed by atoms with Gasteiger partial charge in [-0.05, 0) is 102 Å². The molecule has 2 aromatic heterocycles. The van der Waals surface area contributed by atoms with E-state index in [1.165, 1.54) is 59.9 Å². The molecule has 3 aromatic rings. The lowest BCUT2D eigenvalue weighted by molar-refractivity contribution is -0.302. The summed E-state index contributed by atoms with van der Waals surface area (Å²) in [5.41, 5.74) is -0.141. The number of hydrogen-bond acceptors (Lipinski definition) is 17. The SMILES string of the molecule is C=CC[C@@H]1/C=C(/C)C[C@H](C)C[C@H](OC)[C@H]2O[C@@](O)(C(=O)C(=O)N3CCCC[C@H]3C(=O)O[C@H](/C(C)=C/[C@@H]3CC[C@@H](O)[C@H](OC)C3)[C@H](C)[C@@H](O)CC1=O)[C@H](C)C[C@@H]2OC.OC(Cn1cncn1)(Cn1cncn1)c1ccc(F)cc1F. The summed E-state index contributed by atoms with van der Waals surface area (Å²) in [5.74, 6) is -9.32. The molecule has 0 radical (unpaired) electrons. The van der Waals surface area contributed by atoms with Gasteiger partial charge in [0.2, 0.25) is 5.79 Å². The van der Waals surface area contributed by atoms with Crippen LogP contribution >= 0.6 is 0 Å². The lowest BCUT2D eigenvalue weighted by atomic mass is 9.81. The van der Waals surface area contributed by atoms with E-state index >= 15 is 0 Å². The number of fused-ring (bicyclic) bond motifs is 3. The van der Waals surface area contributed by atoms with Gasteiger partial charge in [0.1, 0.15) is 66.6 Å². The van der Waals surface area contributed by atoms with Crippen LogP contribution < -0.4 is 0 Å². The second kappa shape index (κ2) is 28.3. The van der Waals surface area contributed by atoms with Crippen LogP contribution in [0.5, 0.6) is 0 Å². The Labute approximate surface area is 461 Å². The summed E-state index contributed by atoms with van der Waals surface area (Å²) in [6.45, 7) is 13.0. The highest BCUT2D eigenvalue weighted by Crippen LogP contribution is 2.40. The number of rotatable bonds is 12. The number of amides is 1. The molecule has 436 valence electrons. The fourth-order valence-corrected chi connectivity index (χ4v) is 11.7. The molecule has 7 rings (SSSR count). The van der Waals surface area contributed by atoms with Crippen LogP contribution in [0.15, 0.2) is 79.5 Å². The molecule has 0 spiro atoms. The van der Waals surface area contributed by atoms with Gasteiger partial charge in [0.05, 0.1) is 43.6 Å². The predicted molar refractivity (Wildman–Crippen MR) is 283 cm³/mol. The molecule has 1 aliphatic carbocycles. The van der Waals surface area contributed by atoms with E-state index in [2.05, 4.69) is 26.7 Å². The van der Waals surface area contributed by atoms with E-state index in [4.69, 9.17) is 23.7 Å². The average Bonchev–Trinajstić information content (AvgIpc) is 4.16. The Morgan fingerprint density at radius 1 is 0.886 bits per heavy atom. The highest BCUT2D eigenvalue weighted by Gasteiger charge is 2.57. The number of cyclic esters (lactones) is 1. The minimum atomic E-state index is -2.51. The number of carbonyl (C=O) groups excluding carboxylic acids is 4. The summed E-state index contributed by atoms with van der Waals surface area (Å²) >= 11 is 0. The molecule has 22 heteroatoms. The molecule has 0 unspecified atom stereocenters. The largest absolute Gasteiger partial charge is 0.456 e. The Hall–Kier alpha value is -5.46. The number of aliphatic hydroxyl groups excluding tert-OH is 2. The van der Waals surface area contributed by atoms with Gasteiger partial charge in [-0.25, -0.2) is 32.9 Å². The van der Waals surface area contributed by atoms with Crippen LogP contribution in [0.2, 0.25) is 0 Å². The van der Waals surface area contributed by atoms with E-state index < -0.39 is 101 Å². The Morgan fingerprint density at radius 3 is 2.13 bits per heavy atom. The number of benzene rings is 1. The van der Waals surface area contributed by atoms with Crippen molar-refractivity contribution < 1.29 is 72.1 Å². The molecule has 2 saturated heterocycles. The van der Waals surface area contributed by atoms with Crippen LogP contribution in [0.3, 0.4) is 0 Å². The lowest BCUT2D eigenvalue weighted by Crippen LogP contribution is -2.64. The van der Waals surface area contributed by atoms with Crippen molar-refractivity contribution in [3.63, 3.8) is 0 Å². The maximum absolute atomic E-state index is 14.3. The Bertz CT molecular complexity index is 2530. The zero-order valence-corrected chi connectivity index (χ0v) is 46.7. The molecule has 1 saturated carbocycles. The molecule has 3 fully saturated rings. The quantitative estimate of drug-likeness (QED) is 0.101. The van der Waals surface area contributed by atoms with Crippen molar-refractivity contribution in [3.05, 3.63) is 96.7 Å². The van der Waals surface area contributed by atoms with E-state index in [9.17, 15) is 48.4 Å². The third-order valence-electron chi connectivity index (χ3n) is 16.1. The summed E-state index contributed by atoms with van der Waals surface area (Å²) < 4.78 is 59.7. The van der Waals surface area contributed by atoms with Crippen molar-refractivity contribution in [1.82, 2.24) is 34.4 Å². The van der Waals surface area contributed by atoms with Gasteiger partial charge in [-0.3, -0.25) is 14.4 Å². The topological polar surface area (TPSA) is 260 Å². The molecule has 1 amide bonds. The molecule has 20 nitrogen and oxygen atoms in total. The highest BCUT2D eigenvalue weighted by atomic mass is 19.1. The predicted octanol–water partition coefficient (Wildman–Crippen LogP) is 5.37. The number of ether oxygens (including phenoxy) is 5. The first kappa shape index (κ1) is 62.7. The minimum Gasteiger partial charge on any atom is -0.456 e. The Kier molecular flexibility index (Phi) is 22.5. The van der Waals surface area contributed by atoms with Crippen LogP contribution in [-0.4, -0.2) is 161 Å². The number of carbonyl (C=O) groups is 4. The first-order chi connectivity index (χ1) is 37.5. The highest BCUT2D eigenvalue weighted by molar-refractivity contribution is 6.39. The number of methoxy groups -OCH3 is 3. The number of halogens is 2. The third-order valence-corrected chi connectivity index (χ3v) is 16.1. The van der Waals surface area contributed by atoms with E-state index in [1.54, 1.807) is 27.0 Å². The van der Waals surface area contributed by atoms with Crippen molar-refractivity contribution >= 4 is 23.4 Å². The average molecular weight is 1110 g/mol. The fraction of sp³-hybridized carbons (Fsp3) is 0.649. The summed E-state index contributed by atoms with van der Waals surface area (Å²) in [6, 6.07) is 1.88. The van der Waals surface area contributed by atoms with Crippen LogP contribution in [0.25, 0.3) is 0 Å². The van der Waals surface area contributed by atoms with Gasteiger partial charge in [0.15, 0.2) is 0 Å². The number of ketones is 2. The molecule has 3 aliphatic heterocycles. The number of nitrogens with zero attached hydrogens (tertiary/aromatic N) is 7. The number of esters is 1. The van der Waals surface area contributed by atoms with Gasteiger partial charge in [-0.15, -0.1) is 6.58 Å². The summed E-state index contributed by atoms with van der Waals surface area (Å²) in [6.07, 6.45) is 10.3. The van der Waals surface area contributed by atoms with E-state index in [1.807, 2.05) is 32.9 Å². The zero-order chi connectivity index (χ0) is 57.8. The van der Waals surface area contributed by atoms with Crippen LogP contribution in [0.4, 0.5) is 8.78 Å². The molecular formula is C57H81F2N7O13. The van der Waals surface area contributed by atoms with E-state index in [-0.39, 0.29) is 68.2 Å². The Morgan fingerprint density at radius 2 is 1.53 bits per heavy atom. The standard InChI is InChI=1S/C44H69NO12.C13H12F2N6O/c1-10-13-31-19-25(2)18-26(3)20-37(54-8)40-38(55-9)22-28(5)44(52,57-40)41(49)42(50)45-17-12-11-14-32(45)43(51)56-39(29(6)34(47)24-35(31)48)27(4)21-30-15-16-33(46)36(23-30)53-7;14-10-1-2-11(12(15)3-10)13(22,4-20-8-16-6-18-20)5-21-9-17-7-19-21/h10,19,21,26,28-34,36-40,46-47,52H,1,11-18,20,22-24H2,2-9H3;1-3,6-9,22H,4-5H2/b25-19-,27-21+;/t26-,28+,29+,30-,31+,32-,33+,34-,36+,37-,38-,39+,40+,44+;/m0./s1. The van der Waals surface area contributed by atoms with Gasteiger partial charge in [-0.2, -0.15) is 10.2 Å². The van der Waals surface area contributed by atoms with Gasteiger partial charge < -0.3 is 49.0 Å². The van der Waals surface area contributed by atoms with E-state index in [0.29, 0.717) is 56.9 Å². The van der Waals surface area contributed by atoms with Gasteiger partial charge in [0, 0.05) is 63.7 Å². The molecule has 14 atom stereocenters. The third kappa shape index (κ3) is 15.7. The molecule has 5 heterocycles. The van der Waals surface area contributed by atoms with Crippen molar-refractivity contribution in [1.29, 1.82) is 0 Å². The van der Waals surface area contributed by atoms with Crippen molar-refractivity contribution in [2.45, 2.75) is 178 Å². The maximum atomic E-state index is 14.3. The number of Topliss-reactive ketones (excluding diaryl/α,β-unsaturated/α-hetero) is 2. The molecule has 4 aliphatic rings. The fourth-order valence-electron chi connectivity index (χ4n) is 11.7. The van der Waals surface area contributed by atoms with Gasteiger partial charge >= 0.3 is 5.97 Å². The Balaban J connectivity index is 0.000000378. The molecule has 79 heavy (non-hydrogen) atoms. The maximum Gasteiger partial charge on any atom is 0.329 e. The summed E-state index contributed by atoms with van der Waals surface area (Å²) in [5, 5.41) is 52.9. The van der Waals surface area contributed by atoms with Crippen molar-refractivity contribution in [2.75, 3.05) is 27.9 Å². The molecule has 4 N–H and O–H groups in total. The smallest absolute Gasteiger partial charge is 0.329 e. The number of piperidine rings is 1. The number of hydrogen-bond donors (Lipinski definition) is 4. The first-order valence-electron chi connectivity index (χ1n) is 27.3. The normalized spacial score (nSPS) is 32.8.